The number of likely N-dealkylation sites (tertiary alicyclic amines) is 1. The second-order valence-corrected chi connectivity index (χ2v) is 7.08. The van der Waals surface area contributed by atoms with Gasteiger partial charge in [0, 0.05) is 50.9 Å². The van der Waals surface area contributed by atoms with E-state index in [0.29, 0.717) is 13.0 Å². The molecule has 4 heterocycles. The normalized spacial score (nSPS) is 24.1. The lowest BCUT2D eigenvalue weighted by atomic mass is 9.79. The van der Waals surface area contributed by atoms with Crippen LogP contribution in [0.4, 0.5) is 0 Å². The third-order valence-corrected chi connectivity index (χ3v) is 5.21. The Bertz CT molecular complexity index is 780. The number of hydrogen-bond donors (Lipinski definition) is 2. The van der Waals surface area contributed by atoms with Gasteiger partial charge in [0.05, 0.1) is 12.2 Å². The van der Waals surface area contributed by atoms with Crippen LogP contribution >= 0.6 is 0 Å². The van der Waals surface area contributed by atoms with Crippen LogP contribution in [0.15, 0.2) is 35.6 Å². The lowest BCUT2D eigenvalue weighted by Crippen LogP contribution is -2.51. The molecule has 2 aliphatic rings. The molecule has 7 heteroatoms. The molecule has 1 unspecified atom stereocenters. The fourth-order valence-electron chi connectivity index (χ4n) is 4.00. The molecule has 132 valence electrons. The molecule has 0 aromatic carbocycles. The zero-order chi connectivity index (χ0) is 17.3. The Kier molecular flexibility index (Phi) is 4.07. The Morgan fingerprint density at radius 2 is 2.40 bits per heavy atom. The van der Waals surface area contributed by atoms with E-state index in [9.17, 15) is 4.79 Å². The van der Waals surface area contributed by atoms with Crippen LogP contribution in [0.1, 0.15) is 25.0 Å². The van der Waals surface area contributed by atoms with Crippen LogP contribution in [0, 0.1) is 5.41 Å². The number of nitrogens with zero attached hydrogens (tertiary/aromatic N) is 4. The highest BCUT2D eigenvalue weighted by atomic mass is 16.1. The zero-order valence-corrected chi connectivity index (χ0v) is 14.5. The van der Waals surface area contributed by atoms with Crippen LogP contribution < -0.4 is 10.6 Å². The van der Waals surface area contributed by atoms with Crippen molar-refractivity contribution in [3.63, 3.8) is 0 Å². The Hall–Kier alpha value is -2.57. The minimum Gasteiger partial charge on any atom is -0.355 e. The maximum Gasteiger partial charge on any atom is 0.220 e. The van der Waals surface area contributed by atoms with Gasteiger partial charge in [0.1, 0.15) is 5.65 Å². The highest BCUT2D eigenvalue weighted by Crippen LogP contribution is 2.35. The van der Waals surface area contributed by atoms with Gasteiger partial charge in [-0.1, -0.05) is 6.07 Å². The fraction of sp³-hybridized carbons (Fsp3) is 0.500. The highest BCUT2D eigenvalue weighted by molar-refractivity contribution is 5.81. The van der Waals surface area contributed by atoms with Gasteiger partial charge in [0.15, 0.2) is 5.96 Å². The van der Waals surface area contributed by atoms with Gasteiger partial charge in [0.25, 0.3) is 0 Å². The number of rotatable bonds is 2. The summed E-state index contributed by atoms with van der Waals surface area (Å²) in [5, 5.41) is 6.42. The van der Waals surface area contributed by atoms with Crippen molar-refractivity contribution < 1.29 is 4.79 Å². The van der Waals surface area contributed by atoms with Gasteiger partial charge in [-0.2, -0.15) is 0 Å². The molecule has 4 rings (SSSR count). The minimum absolute atomic E-state index is 0.0655. The van der Waals surface area contributed by atoms with Crippen molar-refractivity contribution in [3.05, 3.63) is 36.3 Å². The molecule has 1 spiro atoms. The molecular weight excluding hydrogens is 316 g/mol. The number of amides is 1. The van der Waals surface area contributed by atoms with Crippen LogP contribution in [0.2, 0.25) is 0 Å². The molecule has 2 aromatic rings. The summed E-state index contributed by atoms with van der Waals surface area (Å²) in [5.74, 6) is 1.06. The quantitative estimate of drug-likeness (QED) is 0.632. The molecule has 25 heavy (non-hydrogen) atoms. The third kappa shape index (κ3) is 3.18. The summed E-state index contributed by atoms with van der Waals surface area (Å²) >= 11 is 0. The van der Waals surface area contributed by atoms with E-state index in [1.54, 1.807) is 0 Å². The Labute approximate surface area is 147 Å². The Morgan fingerprint density at radius 3 is 3.16 bits per heavy atom. The van der Waals surface area contributed by atoms with Gasteiger partial charge in [-0.25, -0.2) is 4.98 Å². The lowest BCUT2D eigenvalue weighted by molar-refractivity contribution is -0.119. The van der Waals surface area contributed by atoms with Crippen molar-refractivity contribution in [1.29, 1.82) is 0 Å². The summed E-state index contributed by atoms with van der Waals surface area (Å²) < 4.78 is 2.02. The van der Waals surface area contributed by atoms with Crippen molar-refractivity contribution >= 4 is 17.5 Å². The second kappa shape index (κ2) is 6.38. The van der Waals surface area contributed by atoms with Gasteiger partial charge in [-0.3, -0.25) is 9.79 Å². The average molecular weight is 340 g/mol. The maximum atomic E-state index is 11.7. The number of fused-ring (bicyclic) bond motifs is 1. The number of piperidine rings is 1. The smallest absolute Gasteiger partial charge is 0.220 e. The predicted molar refractivity (Wildman–Crippen MR) is 96.3 cm³/mol. The third-order valence-electron chi connectivity index (χ3n) is 5.21. The summed E-state index contributed by atoms with van der Waals surface area (Å²) in [6.07, 6.45) is 6.86. The summed E-state index contributed by atoms with van der Waals surface area (Å²) in [6.45, 7) is 3.26. The molecule has 0 aliphatic carbocycles. The summed E-state index contributed by atoms with van der Waals surface area (Å²) in [6, 6.07) is 5.98. The summed E-state index contributed by atoms with van der Waals surface area (Å²) in [4.78, 5) is 23.0. The second-order valence-electron chi connectivity index (χ2n) is 7.08. The number of nitrogens with one attached hydrogen (secondary N) is 2. The molecule has 1 amide bonds. The monoisotopic (exact) mass is 340 g/mol. The van der Waals surface area contributed by atoms with Gasteiger partial charge >= 0.3 is 0 Å². The van der Waals surface area contributed by atoms with Crippen LogP contribution in [0.3, 0.4) is 0 Å². The van der Waals surface area contributed by atoms with Crippen molar-refractivity contribution in [2.45, 2.75) is 25.8 Å². The van der Waals surface area contributed by atoms with Gasteiger partial charge < -0.3 is 19.9 Å². The summed E-state index contributed by atoms with van der Waals surface area (Å²) in [7, 11) is 1.81. The summed E-state index contributed by atoms with van der Waals surface area (Å²) in [5.41, 5.74) is 1.99. The van der Waals surface area contributed by atoms with Crippen LogP contribution in [-0.2, 0) is 11.3 Å². The number of aromatic nitrogens is 2. The fourth-order valence-corrected chi connectivity index (χ4v) is 4.00. The Morgan fingerprint density at radius 1 is 1.48 bits per heavy atom. The topological polar surface area (TPSA) is 74.0 Å². The van der Waals surface area contributed by atoms with Gasteiger partial charge in [-0.05, 0) is 25.0 Å². The molecular formula is C18H24N6O. The molecule has 0 bridgehead atoms. The van der Waals surface area contributed by atoms with Crippen molar-refractivity contribution in [3.8, 4) is 0 Å². The number of pyridine rings is 1. The molecule has 2 aromatic heterocycles. The predicted octanol–water partition coefficient (Wildman–Crippen LogP) is 1.01. The van der Waals surface area contributed by atoms with E-state index in [1.165, 1.54) is 0 Å². The van der Waals surface area contributed by atoms with Crippen LogP contribution in [-0.4, -0.2) is 52.8 Å². The first-order chi connectivity index (χ1) is 12.2. The maximum absolute atomic E-state index is 11.7. The van der Waals surface area contributed by atoms with E-state index < -0.39 is 0 Å². The van der Waals surface area contributed by atoms with E-state index in [4.69, 9.17) is 0 Å². The number of hydrogen-bond acceptors (Lipinski definition) is 3. The molecule has 0 radical (unpaired) electrons. The van der Waals surface area contributed by atoms with Crippen LogP contribution in [0.25, 0.3) is 5.65 Å². The molecule has 7 nitrogen and oxygen atoms in total. The van der Waals surface area contributed by atoms with E-state index >= 15 is 0 Å². The molecule has 2 fully saturated rings. The lowest BCUT2D eigenvalue weighted by Gasteiger charge is -2.40. The molecule has 0 saturated carbocycles. The Balaban J connectivity index is 1.42. The van der Waals surface area contributed by atoms with Crippen molar-refractivity contribution in [2.24, 2.45) is 10.4 Å². The number of imidazole rings is 1. The number of aliphatic imine (C=N–C) groups is 1. The van der Waals surface area contributed by atoms with Gasteiger partial charge in [-0.15, -0.1) is 0 Å². The SMILES string of the molecule is CN=C(NCc1cn2ccccc2n1)N1CCCC2(CNC(=O)C2)C1. The molecule has 2 saturated heterocycles. The van der Waals surface area contributed by atoms with E-state index in [1.807, 2.05) is 42.0 Å². The van der Waals surface area contributed by atoms with E-state index in [-0.39, 0.29) is 11.3 Å². The number of guanidine groups is 1. The van der Waals surface area contributed by atoms with E-state index in [0.717, 1.165) is 49.8 Å². The average Bonchev–Trinajstić information content (AvgIpc) is 3.19. The van der Waals surface area contributed by atoms with Crippen LogP contribution in [0.5, 0.6) is 0 Å². The standard InChI is InChI=1S/C18H24N6O/c1-19-17(20-10-14-11-23-7-3-2-5-15(23)22-14)24-8-4-6-18(13-24)9-16(25)21-12-18/h2-3,5,7,11H,4,6,8-10,12-13H2,1H3,(H,19,20)(H,21,25). The van der Waals surface area contributed by atoms with Crippen molar-refractivity contribution in [1.82, 2.24) is 24.9 Å². The first-order valence-corrected chi connectivity index (χ1v) is 8.82. The molecule has 2 aliphatic heterocycles. The minimum atomic E-state index is 0.0655. The first-order valence-electron chi connectivity index (χ1n) is 8.82. The van der Waals surface area contributed by atoms with Gasteiger partial charge in [0.2, 0.25) is 5.91 Å². The largest absolute Gasteiger partial charge is 0.355 e. The number of carbonyl (C=O) groups excluding carboxylic acids is 1. The molecule has 1 atom stereocenters. The van der Waals surface area contributed by atoms with E-state index in [2.05, 4.69) is 25.5 Å². The highest BCUT2D eigenvalue weighted by Gasteiger charge is 2.42. The zero-order valence-electron chi connectivity index (χ0n) is 14.5. The number of carbonyl (C=O) groups is 1. The first kappa shape index (κ1) is 15.9. The van der Waals surface area contributed by atoms with Crippen molar-refractivity contribution in [2.75, 3.05) is 26.7 Å². The molecule has 2 N–H and O–H groups in total.